The summed E-state index contributed by atoms with van der Waals surface area (Å²) >= 11 is 6.10. The Kier molecular flexibility index (Phi) is 4.03. The van der Waals surface area contributed by atoms with Gasteiger partial charge in [0.15, 0.2) is 0 Å². The van der Waals surface area contributed by atoms with Crippen molar-refractivity contribution in [3.63, 3.8) is 0 Å². The van der Waals surface area contributed by atoms with Crippen LogP contribution in [0.25, 0.3) is 6.08 Å². The van der Waals surface area contributed by atoms with E-state index in [4.69, 9.17) is 11.6 Å². The first-order valence-corrected chi connectivity index (χ1v) is 6.29. The third kappa shape index (κ3) is 3.10. The highest BCUT2D eigenvalue weighted by molar-refractivity contribution is 6.32. The third-order valence-corrected chi connectivity index (χ3v) is 3.46. The van der Waals surface area contributed by atoms with E-state index in [1.807, 2.05) is 24.3 Å². The minimum absolute atomic E-state index is 0.500. The molecule has 0 radical (unpaired) electrons. The van der Waals surface area contributed by atoms with Crippen molar-refractivity contribution in [2.24, 2.45) is 5.92 Å². The highest BCUT2D eigenvalue weighted by Gasteiger charge is 2.15. The molecule has 1 aliphatic heterocycles. The molecule has 16 heavy (non-hydrogen) atoms. The molecule has 0 spiro atoms. The Morgan fingerprint density at radius 3 is 2.94 bits per heavy atom. The summed E-state index contributed by atoms with van der Waals surface area (Å²) in [6.07, 6.45) is 6.87. The van der Waals surface area contributed by atoms with E-state index in [2.05, 4.69) is 24.4 Å². The average Bonchev–Trinajstić information content (AvgIpc) is 2.28. The Balaban J connectivity index is 2.01. The maximum absolute atomic E-state index is 6.10. The number of piperidine rings is 1. The number of halogens is 1. The second-order valence-electron chi connectivity index (χ2n) is 4.57. The van der Waals surface area contributed by atoms with Crippen molar-refractivity contribution in [3.05, 3.63) is 40.9 Å². The third-order valence-electron chi connectivity index (χ3n) is 3.11. The van der Waals surface area contributed by atoms with Gasteiger partial charge in [-0.1, -0.05) is 48.9 Å². The molecule has 1 heterocycles. The zero-order valence-electron chi connectivity index (χ0n) is 9.62. The van der Waals surface area contributed by atoms with Crippen molar-refractivity contribution in [2.75, 3.05) is 6.54 Å². The lowest BCUT2D eigenvalue weighted by molar-refractivity contribution is 0.357. The Bertz CT molecular complexity index is 373. The van der Waals surface area contributed by atoms with Gasteiger partial charge in [-0.3, -0.25) is 0 Å². The maximum Gasteiger partial charge on any atom is 0.0478 e. The van der Waals surface area contributed by atoms with Crippen LogP contribution in [0.15, 0.2) is 30.3 Å². The van der Waals surface area contributed by atoms with Crippen LogP contribution in [0.5, 0.6) is 0 Å². The van der Waals surface area contributed by atoms with Crippen LogP contribution >= 0.6 is 11.6 Å². The van der Waals surface area contributed by atoms with E-state index in [9.17, 15) is 0 Å². The van der Waals surface area contributed by atoms with Crippen molar-refractivity contribution in [3.8, 4) is 0 Å². The molecule has 1 fully saturated rings. The molecule has 0 aliphatic carbocycles. The van der Waals surface area contributed by atoms with E-state index in [-0.39, 0.29) is 0 Å². The van der Waals surface area contributed by atoms with Gasteiger partial charge in [-0.15, -0.1) is 0 Å². The predicted molar refractivity (Wildman–Crippen MR) is 70.7 cm³/mol. The van der Waals surface area contributed by atoms with Gasteiger partial charge in [-0.05, 0) is 36.9 Å². The first-order chi connectivity index (χ1) is 7.75. The number of hydrogen-bond acceptors (Lipinski definition) is 1. The lowest BCUT2D eigenvalue weighted by Gasteiger charge is -2.25. The van der Waals surface area contributed by atoms with Gasteiger partial charge in [0.05, 0.1) is 0 Å². The van der Waals surface area contributed by atoms with Gasteiger partial charge < -0.3 is 5.32 Å². The number of benzene rings is 1. The van der Waals surface area contributed by atoms with E-state index < -0.39 is 0 Å². The van der Waals surface area contributed by atoms with Crippen LogP contribution in [0.3, 0.4) is 0 Å². The van der Waals surface area contributed by atoms with Crippen molar-refractivity contribution in [2.45, 2.75) is 25.8 Å². The minimum atomic E-state index is 0.500. The molecule has 1 aromatic carbocycles. The standard InChI is InChI=1S/C14H18ClN/c1-11-8-9-16-13(10-11)7-6-12-4-2-3-5-14(12)15/h2-7,11,13,16H,8-10H2,1H3/b7-6+. The fraction of sp³-hybridized carbons (Fsp3) is 0.429. The number of nitrogens with one attached hydrogen (secondary N) is 1. The second kappa shape index (κ2) is 5.51. The van der Waals surface area contributed by atoms with Gasteiger partial charge in [0.1, 0.15) is 0 Å². The Morgan fingerprint density at radius 1 is 1.38 bits per heavy atom. The molecule has 1 N–H and O–H groups in total. The molecule has 1 aromatic rings. The molecule has 2 unspecified atom stereocenters. The van der Waals surface area contributed by atoms with Crippen LogP contribution in [0, 0.1) is 5.92 Å². The highest BCUT2D eigenvalue weighted by atomic mass is 35.5. The van der Waals surface area contributed by atoms with Crippen molar-refractivity contribution in [1.82, 2.24) is 5.32 Å². The highest BCUT2D eigenvalue weighted by Crippen LogP contribution is 2.19. The van der Waals surface area contributed by atoms with E-state index in [0.717, 1.165) is 23.0 Å². The molecule has 0 bridgehead atoms. The summed E-state index contributed by atoms with van der Waals surface area (Å²) in [6.45, 7) is 3.44. The SMILES string of the molecule is CC1CCNC(/C=C/c2ccccc2Cl)C1. The second-order valence-corrected chi connectivity index (χ2v) is 4.98. The average molecular weight is 236 g/mol. The molecule has 1 saturated heterocycles. The first-order valence-electron chi connectivity index (χ1n) is 5.92. The summed E-state index contributed by atoms with van der Waals surface area (Å²) in [7, 11) is 0. The summed E-state index contributed by atoms with van der Waals surface area (Å²) < 4.78 is 0. The largest absolute Gasteiger partial charge is 0.310 e. The molecular formula is C14H18ClN. The molecule has 1 aliphatic rings. The van der Waals surface area contributed by atoms with Crippen LogP contribution in [0.1, 0.15) is 25.3 Å². The summed E-state index contributed by atoms with van der Waals surface area (Å²) in [5, 5.41) is 4.33. The number of hydrogen-bond donors (Lipinski definition) is 1. The maximum atomic E-state index is 6.10. The predicted octanol–water partition coefficient (Wildman–Crippen LogP) is 3.74. The van der Waals surface area contributed by atoms with E-state index in [1.54, 1.807) is 0 Å². The summed E-state index contributed by atoms with van der Waals surface area (Å²) in [6, 6.07) is 8.45. The summed E-state index contributed by atoms with van der Waals surface area (Å²) in [5.41, 5.74) is 1.10. The van der Waals surface area contributed by atoms with Crippen LogP contribution in [0.4, 0.5) is 0 Å². The minimum Gasteiger partial charge on any atom is -0.310 e. The van der Waals surface area contributed by atoms with E-state index in [0.29, 0.717) is 6.04 Å². The lowest BCUT2D eigenvalue weighted by atomic mass is 9.94. The topological polar surface area (TPSA) is 12.0 Å². The smallest absolute Gasteiger partial charge is 0.0478 e. The van der Waals surface area contributed by atoms with Crippen molar-refractivity contribution < 1.29 is 0 Å². The van der Waals surface area contributed by atoms with E-state index in [1.165, 1.54) is 12.8 Å². The van der Waals surface area contributed by atoms with Gasteiger partial charge in [-0.25, -0.2) is 0 Å². The van der Waals surface area contributed by atoms with Gasteiger partial charge in [0.25, 0.3) is 0 Å². The quantitative estimate of drug-likeness (QED) is 0.824. The van der Waals surface area contributed by atoms with Gasteiger partial charge in [0, 0.05) is 11.1 Å². The van der Waals surface area contributed by atoms with Gasteiger partial charge >= 0.3 is 0 Å². The Hall–Kier alpha value is -0.790. The van der Waals surface area contributed by atoms with Gasteiger partial charge in [-0.2, -0.15) is 0 Å². The zero-order valence-corrected chi connectivity index (χ0v) is 10.4. The van der Waals surface area contributed by atoms with Gasteiger partial charge in [0.2, 0.25) is 0 Å². The first kappa shape index (κ1) is 11.7. The van der Waals surface area contributed by atoms with Crippen LogP contribution in [0.2, 0.25) is 5.02 Å². The van der Waals surface area contributed by atoms with E-state index >= 15 is 0 Å². The molecular weight excluding hydrogens is 218 g/mol. The zero-order chi connectivity index (χ0) is 11.4. The molecule has 2 atom stereocenters. The molecule has 86 valence electrons. The molecule has 0 saturated carbocycles. The lowest BCUT2D eigenvalue weighted by Crippen LogP contribution is -2.35. The van der Waals surface area contributed by atoms with Crippen LogP contribution in [-0.4, -0.2) is 12.6 Å². The van der Waals surface area contributed by atoms with Crippen molar-refractivity contribution in [1.29, 1.82) is 0 Å². The molecule has 2 rings (SSSR count). The van der Waals surface area contributed by atoms with Crippen LogP contribution < -0.4 is 5.32 Å². The Morgan fingerprint density at radius 2 is 2.19 bits per heavy atom. The monoisotopic (exact) mass is 235 g/mol. The van der Waals surface area contributed by atoms with Crippen molar-refractivity contribution >= 4 is 17.7 Å². The fourth-order valence-electron chi connectivity index (χ4n) is 2.13. The normalized spacial score (nSPS) is 26.1. The summed E-state index contributed by atoms with van der Waals surface area (Å²) in [4.78, 5) is 0. The molecule has 1 nitrogen and oxygen atoms in total. The fourth-order valence-corrected chi connectivity index (χ4v) is 2.33. The Labute approximate surface area is 103 Å². The molecule has 2 heteroatoms. The molecule has 0 aromatic heterocycles. The number of rotatable bonds is 2. The molecule has 0 amide bonds. The summed E-state index contributed by atoms with van der Waals surface area (Å²) in [5.74, 6) is 0.821. The van der Waals surface area contributed by atoms with Crippen LogP contribution in [-0.2, 0) is 0 Å².